The number of benzene rings is 1. The molecule has 82 valence electrons. The molecule has 1 aromatic carbocycles. The second-order valence-electron chi connectivity index (χ2n) is 4.28. The Kier molecular flexibility index (Phi) is 3.55. The number of halogens is 2. The fourth-order valence-electron chi connectivity index (χ4n) is 1.81. The second kappa shape index (κ2) is 4.73. The van der Waals surface area contributed by atoms with E-state index in [0.29, 0.717) is 11.1 Å². The second-order valence-corrected chi connectivity index (χ2v) is 5.12. The highest BCUT2D eigenvalue weighted by Crippen LogP contribution is 2.33. The lowest BCUT2D eigenvalue weighted by Crippen LogP contribution is -2.22. The van der Waals surface area contributed by atoms with E-state index in [1.807, 2.05) is 12.1 Å². The van der Waals surface area contributed by atoms with Crippen LogP contribution in [0.2, 0.25) is 10.0 Å². The summed E-state index contributed by atoms with van der Waals surface area (Å²) < 4.78 is 0. The zero-order valence-electron chi connectivity index (χ0n) is 8.55. The molecule has 3 heteroatoms. The molecule has 15 heavy (non-hydrogen) atoms. The summed E-state index contributed by atoms with van der Waals surface area (Å²) in [5, 5.41) is 1.45. The van der Waals surface area contributed by atoms with Crippen molar-refractivity contribution in [2.75, 3.05) is 0 Å². The highest BCUT2D eigenvalue weighted by molar-refractivity contribution is 6.35. The number of nitrogens with two attached hydrogens (primary N) is 1. The molecular weight excluding hydrogens is 229 g/mol. The third-order valence-electron chi connectivity index (χ3n) is 2.99. The first-order chi connectivity index (χ1) is 7.16. The van der Waals surface area contributed by atoms with E-state index in [0.717, 1.165) is 29.3 Å². The van der Waals surface area contributed by atoms with E-state index in [1.165, 1.54) is 12.8 Å². The van der Waals surface area contributed by atoms with Crippen LogP contribution < -0.4 is 5.73 Å². The summed E-state index contributed by atoms with van der Waals surface area (Å²) in [5.74, 6) is 0.760. The van der Waals surface area contributed by atoms with E-state index in [2.05, 4.69) is 0 Å². The molecule has 0 amide bonds. The molecule has 0 aromatic heterocycles. The van der Waals surface area contributed by atoms with Gasteiger partial charge in [-0.1, -0.05) is 29.3 Å². The molecule has 0 saturated heterocycles. The van der Waals surface area contributed by atoms with E-state index >= 15 is 0 Å². The van der Waals surface area contributed by atoms with Crippen LogP contribution in [-0.2, 0) is 6.42 Å². The molecule has 1 fully saturated rings. The van der Waals surface area contributed by atoms with Gasteiger partial charge in [0.05, 0.1) is 0 Å². The molecule has 0 spiro atoms. The molecule has 0 bridgehead atoms. The van der Waals surface area contributed by atoms with Crippen molar-refractivity contribution >= 4 is 23.2 Å². The van der Waals surface area contributed by atoms with Gasteiger partial charge in [-0.2, -0.15) is 0 Å². The van der Waals surface area contributed by atoms with Gasteiger partial charge in [0.2, 0.25) is 0 Å². The summed E-state index contributed by atoms with van der Waals surface area (Å²) in [5.41, 5.74) is 7.19. The lowest BCUT2D eigenvalue weighted by Gasteiger charge is -2.10. The van der Waals surface area contributed by atoms with Gasteiger partial charge in [0.15, 0.2) is 0 Å². The molecule has 1 atom stereocenters. The van der Waals surface area contributed by atoms with Crippen molar-refractivity contribution in [3.05, 3.63) is 33.8 Å². The van der Waals surface area contributed by atoms with Crippen molar-refractivity contribution in [1.29, 1.82) is 0 Å². The van der Waals surface area contributed by atoms with Gasteiger partial charge in [-0.05, 0) is 49.3 Å². The Hall–Kier alpha value is -0.240. The van der Waals surface area contributed by atoms with Gasteiger partial charge in [-0.3, -0.25) is 0 Å². The third kappa shape index (κ3) is 3.10. The molecule has 1 aliphatic carbocycles. The molecule has 1 aromatic rings. The summed E-state index contributed by atoms with van der Waals surface area (Å²) in [6, 6.07) is 6.01. The number of aryl methyl sites for hydroxylation is 1. The first-order valence-electron chi connectivity index (χ1n) is 5.36. The molecule has 0 radical (unpaired) electrons. The Balaban J connectivity index is 1.92. The number of hydrogen-bond acceptors (Lipinski definition) is 1. The van der Waals surface area contributed by atoms with Gasteiger partial charge in [0.25, 0.3) is 0 Å². The topological polar surface area (TPSA) is 26.0 Å². The van der Waals surface area contributed by atoms with Gasteiger partial charge in [-0.25, -0.2) is 0 Å². The van der Waals surface area contributed by atoms with Crippen LogP contribution in [-0.4, -0.2) is 6.04 Å². The molecule has 1 nitrogen and oxygen atoms in total. The van der Waals surface area contributed by atoms with Crippen LogP contribution in [0.1, 0.15) is 24.8 Å². The monoisotopic (exact) mass is 243 g/mol. The van der Waals surface area contributed by atoms with Crippen molar-refractivity contribution in [1.82, 2.24) is 0 Å². The van der Waals surface area contributed by atoms with Crippen LogP contribution in [0.15, 0.2) is 18.2 Å². The van der Waals surface area contributed by atoms with Gasteiger partial charge in [-0.15, -0.1) is 0 Å². The van der Waals surface area contributed by atoms with Crippen LogP contribution in [0.3, 0.4) is 0 Å². The van der Waals surface area contributed by atoms with E-state index < -0.39 is 0 Å². The van der Waals surface area contributed by atoms with Crippen LogP contribution in [0.4, 0.5) is 0 Å². The average Bonchev–Trinajstić information content (AvgIpc) is 2.99. The Morgan fingerprint density at radius 2 is 2.07 bits per heavy atom. The minimum atomic E-state index is 0.344. The Morgan fingerprint density at radius 1 is 1.33 bits per heavy atom. The maximum Gasteiger partial charge on any atom is 0.0452 e. The summed E-state index contributed by atoms with van der Waals surface area (Å²) >= 11 is 11.9. The number of hydrogen-bond donors (Lipinski definition) is 1. The first kappa shape index (κ1) is 11.3. The van der Waals surface area contributed by atoms with Crippen LogP contribution in [0, 0.1) is 5.92 Å². The quantitative estimate of drug-likeness (QED) is 0.859. The van der Waals surface area contributed by atoms with E-state index in [-0.39, 0.29) is 0 Å². The molecule has 2 N–H and O–H groups in total. The van der Waals surface area contributed by atoms with E-state index in [9.17, 15) is 0 Å². The van der Waals surface area contributed by atoms with Gasteiger partial charge < -0.3 is 5.73 Å². The van der Waals surface area contributed by atoms with Crippen LogP contribution >= 0.6 is 23.2 Å². The predicted molar refractivity (Wildman–Crippen MR) is 65.5 cm³/mol. The molecule has 0 aliphatic heterocycles. The molecule has 1 aliphatic rings. The van der Waals surface area contributed by atoms with Crippen molar-refractivity contribution < 1.29 is 0 Å². The predicted octanol–water partition coefficient (Wildman–Crippen LogP) is 3.66. The average molecular weight is 244 g/mol. The molecule has 1 saturated carbocycles. The highest BCUT2D eigenvalue weighted by Gasteiger charge is 2.27. The summed E-state index contributed by atoms with van der Waals surface area (Å²) in [6.07, 6.45) is 4.57. The summed E-state index contributed by atoms with van der Waals surface area (Å²) in [7, 11) is 0. The van der Waals surface area contributed by atoms with Crippen LogP contribution in [0.25, 0.3) is 0 Å². The van der Waals surface area contributed by atoms with Crippen molar-refractivity contribution in [2.24, 2.45) is 11.7 Å². The normalized spacial score (nSPS) is 17.8. The lowest BCUT2D eigenvalue weighted by atomic mass is 10.0. The number of rotatable bonds is 4. The molecule has 0 heterocycles. The van der Waals surface area contributed by atoms with Crippen LogP contribution in [0.5, 0.6) is 0 Å². The highest BCUT2D eigenvalue weighted by atomic mass is 35.5. The zero-order valence-corrected chi connectivity index (χ0v) is 10.1. The standard InChI is InChI=1S/C12H15Cl2N/c13-10-5-3-8(11(14)7-10)4-6-12(15)9-1-2-9/h3,5,7,9,12H,1-2,4,6,15H2. The van der Waals surface area contributed by atoms with Gasteiger partial charge >= 0.3 is 0 Å². The third-order valence-corrected chi connectivity index (χ3v) is 3.58. The maximum atomic E-state index is 6.08. The van der Waals surface area contributed by atoms with Gasteiger partial charge in [0.1, 0.15) is 0 Å². The lowest BCUT2D eigenvalue weighted by molar-refractivity contribution is 0.550. The van der Waals surface area contributed by atoms with E-state index in [4.69, 9.17) is 28.9 Å². The molecule has 2 rings (SSSR count). The minimum absolute atomic E-state index is 0.344. The Bertz CT molecular complexity index is 347. The summed E-state index contributed by atoms with van der Waals surface area (Å²) in [4.78, 5) is 0. The molecular formula is C12H15Cl2N. The Morgan fingerprint density at radius 3 is 2.67 bits per heavy atom. The fraction of sp³-hybridized carbons (Fsp3) is 0.500. The first-order valence-corrected chi connectivity index (χ1v) is 6.12. The summed E-state index contributed by atoms with van der Waals surface area (Å²) in [6.45, 7) is 0. The van der Waals surface area contributed by atoms with Crippen molar-refractivity contribution in [3.8, 4) is 0 Å². The largest absolute Gasteiger partial charge is 0.327 e. The zero-order chi connectivity index (χ0) is 10.8. The van der Waals surface area contributed by atoms with E-state index in [1.54, 1.807) is 6.07 Å². The molecule has 1 unspecified atom stereocenters. The smallest absolute Gasteiger partial charge is 0.0452 e. The Labute approximate surface area is 101 Å². The maximum absolute atomic E-state index is 6.08. The SMILES string of the molecule is NC(CCc1ccc(Cl)cc1Cl)C1CC1. The van der Waals surface area contributed by atoms with Crippen molar-refractivity contribution in [3.63, 3.8) is 0 Å². The fourth-order valence-corrected chi connectivity index (χ4v) is 2.31. The van der Waals surface area contributed by atoms with Gasteiger partial charge in [0, 0.05) is 16.1 Å². The van der Waals surface area contributed by atoms with Crippen molar-refractivity contribution in [2.45, 2.75) is 31.7 Å². The minimum Gasteiger partial charge on any atom is -0.327 e.